The average Bonchev–Trinajstić information content (AvgIpc) is 3.44. The van der Waals surface area contributed by atoms with Gasteiger partial charge in [-0.3, -0.25) is 9.59 Å². The summed E-state index contributed by atoms with van der Waals surface area (Å²) in [5, 5.41) is 8.80. The summed E-state index contributed by atoms with van der Waals surface area (Å²) in [5.74, 6) is -0.965. The lowest BCUT2D eigenvalue weighted by atomic mass is 10.1. The highest BCUT2D eigenvalue weighted by Gasteiger charge is 2.35. The van der Waals surface area contributed by atoms with Crippen LogP contribution in [0.1, 0.15) is 23.6 Å². The molecular formula is C33H28N4O3. The summed E-state index contributed by atoms with van der Waals surface area (Å²) in [6.45, 7) is 2.28. The van der Waals surface area contributed by atoms with Gasteiger partial charge in [0.2, 0.25) is 5.91 Å². The van der Waals surface area contributed by atoms with E-state index in [-0.39, 0.29) is 12.2 Å². The Morgan fingerprint density at radius 3 is 2.50 bits per heavy atom. The van der Waals surface area contributed by atoms with E-state index in [4.69, 9.17) is 0 Å². The fourth-order valence-corrected chi connectivity index (χ4v) is 5.21. The monoisotopic (exact) mass is 528 g/mol. The van der Waals surface area contributed by atoms with Crippen molar-refractivity contribution in [1.82, 2.24) is 14.8 Å². The number of aryl methyl sites for hydroxylation is 1. The van der Waals surface area contributed by atoms with Gasteiger partial charge in [0.05, 0.1) is 0 Å². The van der Waals surface area contributed by atoms with E-state index >= 15 is 0 Å². The molecule has 0 saturated carbocycles. The van der Waals surface area contributed by atoms with Crippen LogP contribution in [-0.2, 0) is 22.6 Å². The second-order valence-corrected chi connectivity index (χ2v) is 9.85. The number of para-hydroxylation sites is 2. The zero-order valence-electron chi connectivity index (χ0n) is 22.1. The number of amides is 4. The number of urea groups is 1. The molecule has 0 spiro atoms. The van der Waals surface area contributed by atoms with E-state index in [0.29, 0.717) is 12.2 Å². The first-order valence-electron chi connectivity index (χ1n) is 13.3. The van der Waals surface area contributed by atoms with Crippen LogP contribution in [0.15, 0.2) is 103 Å². The van der Waals surface area contributed by atoms with Gasteiger partial charge in [-0.1, -0.05) is 79.7 Å². The summed E-state index contributed by atoms with van der Waals surface area (Å²) in [6.07, 6.45) is 4.42. The number of benzene rings is 4. The number of imide groups is 1. The lowest BCUT2D eigenvalue weighted by molar-refractivity contribution is -0.127. The molecule has 5 aromatic rings. The van der Waals surface area contributed by atoms with Crippen molar-refractivity contribution >= 4 is 51.3 Å². The van der Waals surface area contributed by atoms with Gasteiger partial charge in [-0.15, -0.1) is 0 Å². The third-order valence-electron chi connectivity index (χ3n) is 7.22. The normalized spacial score (nSPS) is 14.3. The first-order chi connectivity index (χ1) is 19.5. The first kappa shape index (κ1) is 25.1. The predicted octanol–water partition coefficient (Wildman–Crippen LogP) is 5.94. The molecule has 1 fully saturated rings. The number of rotatable bonds is 7. The van der Waals surface area contributed by atoms with Crippen molar-refractivity contribution in [2.24, 2.45) is 0 Å². The molecular weight excluding hydrogens is 500 g/mol. The molecule has 0 bridgehead atoms. The summed E-state index contributed by atoms with van der Waals surface area (Å²) >= 11 is 0. The minimum Gasteiger partial charge on any atom is -0.342 e. The lowest BCUT2D eigenvalue weighted by Gasteiger charge is -2.13. The van der Waals surface area contributed by atoms with Crippen LogP contribution in [-0.4, -0.2) is 33.9 Å². The van der Waals surface area contributed by atoms with E-state index in [1.165, 1.54) is 10.8 Å². The third kappa shape index (κ3) is 4.85. The van der Waals surface area contributed by atoms with Crippen LogP contribution in [0.5, 0.6) is 0 Å². The Bertz CT molecular complexity index is 1820. The Kier molecular flexibility index (Phi) is 6.62. The second kappa shape index (κ2) is 10.5. The minimum absolute atomic E-state index is 0.139. The fraction of sp³-hybridized carbons (Fsp3) is 0.121. The Hall–Kier alpha value is -5.17. The number of nitrogens with zero attached hydrogens (tertiary/aromatic N) is 2. The van der Waals surface area contributed by atoms with Crippen molar-refractivity contribution in [2.75, 3.05) is 11.9 Å². The summed E-state index contributed by atoms with van der Waals surface area (Å²) in [6, 6.07) is 29.5. The molecule has 0 radical (unpaired) electrons. The van der Waals surface area contributed by atoms with E-state index in [9.17, 15) is 14.4 Å². The van der Waals surface area contributed by atoms with Crippen molar-refractivity contribution in [3.63, 3.8) is 0 Å². The summed E-state index contributed by atoms with van der Waals surface area (Å²) in [5.41, 5.74) is 4.78. The maximum absolute atomic E-state index is 13.2. The topological polar surface area (TPSA) is 83.4 Å². The highest BCUT2D eigenvalue weighted by Crippen LogP contribution is 2.26. The molecule has 0 unspecified atom stereocenters. The van der Waals surface area contributed by atoms with Crippen LogP contribution in [0.25, 0.3) is 27.8 Å². The Morgan fingerprint density at radius 1 is 0.900 bits per heavy atom. The summed E-state index contributed by atoms with van der Waals surface area (Å²) in [4.78, 5) is 39.5. The van der Waals surface area contributed by atoms with Crippen LogP contribution in [0.2, 0.25) is 0 Å². The quantitative estimate of drug-likeness (QED) is 0.203. The van der Waals surface area contributed by atoms with Crippen molar-refractivity contribution in [1.29, 1.82) is 0 Å². The fourth-order valence-electron chi connectivity index (χ4n) is 5.21. The molecule has 1 aromatic heterocycles. The molecule has 6 rings (SSSR count). The molecule has 4 aromatic carbocycles. The molecule has 198 valence electrons. The minimum atomic E-state index is -0.616. The Balaban J connectivity index is 1.24. The van der Waals surface area contributed by atoms with Gasteiger partial charge < -0.3 is 15.2 Å². The SMILES string of the molecule is CCc1ccccc1NC(=O)CN1C(=O)N/C(=C/c2cn(Cc3ccc4ccccc4c3)c3ccccc23)C1=O. The molecule has 7 heteroatoms. The van der Waals surface area contributed by atoms with Crippen molar-refractivity contribution < 1.29 is 14.4 Å². The predicted molar refractivity (Wildman–Crippen MR) is 158 cm³/mol. The number of fused-ring (bicyclic) bond motifs is 2. The molecule has 1 aliphatic heterocycles. The zero-order valence-corrected chi connectivity index (χ0v) is 22.1. The van der Waals surface area contributed by atoms with Gasteiger partial charge in [0.25, 0.3) is 5.91 Å². The standard InChI is InChI=1S/C33H28N4O3/c1-2-23-9-5-7-13-28(23)34-31(38)21-37-32(39)29(35-33(37)40)18-26-20-36(30-14-8-6-12-27(26)30)19-22-15-16-24-10-3-4-11-25(24)17-22/h3-18,20H,2,19,21H2,1H3,(H,34,38)(H,35,40)/b29-18+. The van der Waals surface area contributed by atoms with Crippen LogP contribution in [0, 0.1) is 0 Å². The number of hydrogen-bond donors (Lipinski definition) is 2. The number of carbonyl (C=O) groups excluding carboxylic acids is 3. The number of hydrogen-bond acceptors (Lipinski definition) is 3. The van der Waals surface area contributed by atoms with Gasteiger partial charge in [-0.2, -0.15) is 0 Å². The molecule has 2 heterocycles. The van der Waals surface area contributed by atoms with Crippen molar-refractivity contribution in [3.8, 4) is 0 Å². The molecule has 40 heavy (non-hydrogen) atoms. The lowest BCUT2D eigenvalue weighted by Crippen LogP contribution is -2.38. The molecule has 7 nitrogen and oxygen atoms in total. The van der Waals surface area contributed by atoms with Gasteiger partial charge in [-0.05, 0) is 52.6 Å². The summed E-state index contributed by atoms with van der Waals surface area (Å²) in [7, 11) is 0. The molecule has 0 atom stereocenters. The van der Waals surface area contributed by atoms with Crippen molar-refractivity contribution in [2.45, 2.75) is 19.9 Å². The average molecular weight is 529 g/mol. The van der Waals surface area contributed by atoms with Gasteiger partial charge in [-0.25, -0.2) is 9.69 Å². The molecule has 1 saturated heterocycles. The van der Waals surface area contributed by atoms with Crippen LogP contribution >= 0.6 is 0 Å². The highest BCUT2D eigenvalue weighted by atomic mass is 16.2. The van der Waals surface area contributed by atoms with E-state index in [2.05, 4.69) is 45.5 Å². The van der Waals surface area contributed by atoms with Gasteiger partial charge >= 0.3 is 6.03 Å². The third-order valence-corrected chi connectivity index (χ3v) is 7.22. The van der Waals surface area contributed by atoms with Gasteiger partial charge in [0.15, 0.2) is 0 Å². The maximum atomic E-state index is 13.2. The van der Waals surface area contributed by atoms with E-state index < -0.39 is 17.8 Å². The number of anilines is 1. The second-order valence-electron chi connectivity index (χ2n) is 9.85. The highest BCUT2D eigenvalue weighted by molar-refractivity contribution is 6.16. The molecule has 1 aliphatic rings. The largest absolute Gasteiger partial charge is 0.342 e. The smallest absolute Gasteiger partial charge is 0.329 e. The molecule has 4 amide bonds. The Morgan fingerprint density at radius 2 is 1.65 bits per heavy atom. The molecule has 2 N–H and O–H groups in total. The summed E-state index contributed by atoms with van der Waals surface area (Å²) < 4.78 is 2.14. The van der Waals surface area contributed by atoms with Crippen LogP contribution in [0.4, 0.5) is 10.5 Å². The maximum Gasteiger partial charge on any atom is 0.329 e. The van der Waals surface area contributed by atoms with Crippen LogP contribution < -0.4 is 10.6 Å². The van der Waals surface area contributed by atoms with E-state index in [1.54, 1.807) is 6.08 Å². The zero-order chi connectivity index (χ0) is 27.6. The molecule has 0 aliphatic carbocycles. The number of aromatic nitrogens is 1. The van der Waals surface area contributed by atoms with Gasteiger partial charge in [0.1, 0.15) is 12.2 Å². The number of carbonyl (C=O) groups is 3. The van der Waals surface area contributed by atoms with Crippen molar-refractivity contribution in [3.05, 3.63) is 120 Å². The van der Waals surface area contributed by atoms with E-state index in [1.807, 2.05) is 73.8 Å². The van der Waals surface area contributed by atoms with E-state index in [0.717, 1.165) is 38.9 Å². The Labute approximate surface area is 231 Å². The first-order valence-corrected chi connectivity index (χ1v) is 13.3. The van der Waals surface area contributed by atoms with Gasteiger partial charge in [0, 0.05) is 34.9 Å². The van der Waals surface area contributed by atoms with Crippen LogP contribution in [0.3, 0.4) is 0 Å². The number of nitrogens with one attached hydrogen (secondary N) is 2.